The number of hydrogen-bond donors (Lipinski definition) is 2. The van der Waals surface area contributed by atoms with E-state index in [1.165, 1.54) is 13.2 Å². The topological polar surface area (TPSA) is 112 Å². The number of benzene rings is 2. The van der Waals surface area contributed by atoms with Gasteiger partial charge in [-0.3, -0.25) is 4.79 Å². The van der Waals surface area contributed by atoms with Crippen molar-refractivity contribution in [3.63, 3.8) is 0 Å². The minimum atomic E-state index is -3.87. The van der Waals surface area contributed by atoms with Crippen LogP contribution in [0.4, 0.5) is 0 Å². The van der Waals surface area contributed by atoms with Gasteiger partial charge in [0.25, 0.3) is 0 Å². The third-order valence-electron chi connectivity index (χ3n) is 3.44. The van der Waals surface area contributed by atoms with Crippen LogP contribution in [-0.4, -0.2) is 27.5 Å². The molecule has 2 rings (SSSR count). The third-order valence-corrected chi connectivity index (χ3v) is 4.41. The van der Waals surface area contributed by atoms with Crippen molar-refractivity contribution in [3.05, 3.63) is 54.1 Å². The van der Waals surface area contributed by atoms with Gasteiger partial charge in [0.05, 0.1) is 12.0 Å². The van der Waals surface area contributed by atoms with Gasteiger partial charge in [0.1, 0.15) is 6.04 Å². The molecule has 0 saturated heterocycles. The Hall–Kier alpha value is -2.22. The molecule has 1 atom stereocenters. The Morgan fingerprint density at radius 3 is 2.26 bits per heavy atom. The lowest BCUT2D eigenvalue weighted by Gasteiger charge is -2.15. The predicted octanol–water partition coefficient (Wildman–Crippen LogP) is 1.04. The first-order valence-electron chi connectivity index (χ1n) is 6.88. The monoisotopic (exact) mass is 334 g/mol. The number of primary sulfonamides is 1. The number of methoxy groups -OCH3 is 1. The Kier molecular flexibility index (Phi) is 5.15. The van der Waals surface area contributed by atoms with E-state index >= 15 is 0 Å². The van der Waals surface area contributed by atoms with Crippen LogP contribution in [0.25, 0.3) is 11.1 Å². The molecule has 0 spiro atoms. The van der Waals surface area contributed by atoms with E-state index in [9.17, 15) is 13.2 Å². The first kappa shape index (κ1) is 17.1. The number of carbonyl (C=O) groups excluding carboxylic acids is 1. The molecule has 0 saturated carbocycles. The predicted molar refractivity (Wildman–Crippen MR) is 86.9 cm³/mol. The van der Waals surface area contributed by atoms with Crippen molar-refractivity contribution in [3.8, 4) is 11.1 Å². The average Bonchev–Trinajstić information content (AvgIpc) is 2.53. The first-order valence-corrected chi connectivity index (χ1v) is 8.42. The van der Waals surface area contributed by atoms with Crippen LogP contribution in [0.2, 0.25) is 0 Å². The van der Waals surface area contributed by atoms with Crippen LogP contribution in [0.1, 0.15) is 5.56 Å². The molecule has 0 radical (unpaired) electrons. The summed E-state index contributed by atoms with van der Waals surface area (Å²) in [5, 5.41) is 5.29. The molecular formula is C16H18N2O4S. The van der Waals surface area contributed by atoms with E-state index in [0.717, 1.165) is 5.56 Å². The lowest BCUT2D eigenvalue weighted by atomic mass is 9.95. The largest absolute Gasteiger partial charge is 0.468 e. The summed E-state index contributed by atoms with van der Waals surface area (Å²) in [6.45, 7) is 0. The summed E-state index contributed by atoms with van der Waals surface area (Å²) in [4.78, 5) is 11.6. The van der Waals surface area contributed by atoms with Gasteiger partial charge in [0.2, 0.25) is 10.0 Å². The molecule has 7 heteroatoms. The summed E-state index contributed by atoms with van der Waals surface area (Å²) in [5.74, 6) is -0.528. The highest BCUT2D eigenvalue weighted by molar-refractivity contribution is 7.89. The van der Waals surface area contributed by atoms with Gasteiger partial charge < -0.3 is 10.5 Å². The summed E-state index contributed by atoms with van der Waals surface area (Å²) < 4.78 is 28.2. The van der Waals surface area contributed by atoms with E-state index in [-0.39, 0.29) is 11.3 Å². The van der Waals surface area contributed by atoms with Crippen LogP contribution in [0, 0.1) is 0 Å². The molecule has 6 nitrogen and oxygen atoms in total. The van der Waals surface area contributed by atoms with Crippen LogP contribution in [-0.2, 0) is 26.0 Å². The van der Waals surface area contributed by atoms with Gasteiger partial charge in [-0.25, -0.2) is 13.6 Å². The summed E-state index contributed by atoms with van der Waals surface area (Å²) in [6, 6.07) is 12.7. The maximum Gasteiger partial charge on any atom is 0.322 e. The fraction of sp³-hybridized carbons (Fsp3) is 0.188. The zero-order chi connectivity index (χ0) is 17.0. The van der Waals surface area contributed by atoms with Crippen molar-refractivity contribution in [2.24, 2.45) is 10.9 Å². The smallest absolute Gasteiger partial charge is 0.322 e. The first-order chi connectivity index (χ1) is 10.8. The fourth-order valence-electron chi connectivity index (χ4n) is 2.37. The Morgan fingerprint density at radius 1 is 1.09 bits per heavy atom. The molecule has 0 aliphatic heterocycles. The Bertz CT molecular complexity index is 818. The third kappa shape index (κ3) is 3.95. The second-order valence-corrected chi connectivity index (χ2v) is 6.56. The van der Waals surface area contributed by atoms with E-state index in [2.05, 4.69) is 4.74 Å². The van der Waals surface area contributed by atoms with E-state index < -0.39 is 22.0 Å². The second kappa shape index (κ2) is 6.91. The Balaban J connectivity index is 2.53. The zero-order valence-electron chi connectivity index (χ0n) is 12.6. The number of carbonyl (C=O) groups is 1. The highest BCUT2D eigenvalue weighted by Crippen LogP contribution is 2.30. The van der Waals surface area contributed by atoms with E-state index in [4.69, 9.17) is 10.9 Å². The zero-order valence-corrected chi connectivity index (χ0v) is 13.4. The summed E-state index contributed by atoms with van der Waals surface area (Å²) in [6.07, 6.45) is 0.224. The van der Waals surface area contributed by atoms with Crippen molar-refractivity contribution in [2.75, 3.05) is 7.11 Å². The van der Waals surface area contributed by atoms with E-state index in [1.54, 1.807) is 42.5 Å². The van der Waals surface area contributed by atoms with Gasteiger partial charge in [-0.1, -0.05) is 42.5 Å². The van der Waals surface area contributed by atoms with Gasteiger partial charge in [-0.05, 0) is 23.6 Å². The van der Waals surface area contributed by atoms with Gasteiger partial charge >= 0.3 is 5.97 Å². The maximum atomic E-state index is 11.8. The van der Waals surface area contributed by atoms with Crippen LogP contribution >= 0.6 is 0 Å². The number of esters is 1. The summed E-state index contributed by atoms with van der Waals surface area (Å²) in [7, 11) is -2.60. The number of nitrogens with two attached hydrogens (primary N) is 2. The van der Waals surface area contributed by atoms with Crippen molar-refractivity contribution >= 4 is 16.0 Å². The van der Waals surface area contributed by atoms with Gasteiger partial charge in [0, 0.05) is 5.56 Å². The molecule has 4 N–H and O–H groups in total. The molecule has 0 heterocycles. The van der Waals surface area contributed by atoms with Crippen molar-refractivity contribution in [1.82, 2.24) is 0 Å². The molecule has 0 aliphatic rings. The molecule has 0 bridgehead atoms. The van der Waals surface area contributed by atoms with E-state index in [1.807, 2.05) is 0 Å². The van der Waals surface area contributed by atoms with Crippen molar-refractivity contribution in [1.29, 1.82) is 0 Å². The average molecular weight is 334 g/mol. The number of ether oxygens (including phenoxy) is 1. The van der Waals surface area contributed by atoms with Crippen LogP contribution in [0.15, 0.2) is 53.4 Å². The van der Waals surface area contributed by atoms with Crippen LogP contribution < -0.4 is 10.9 Å². The Labute approximate surface area is 135 Å². The Morgan fingerprint density at radius 2 is 1.65 bits per heavy atom. The number of sulfonamides is 1. The second-order valence-electron chi connectivity index (χ2n) is 5.03. The van der Waals surface area contributed by atoms with Crippen LogP contribution in [0.5, 0.6) is 0 Å². The molecule has 0 aliphatic carbocycles. The van der Waals surface area contributed by atoms with Gasteiger partial charge in [-0.2, -0.15) is 0 Å². The quantitative estimate of drug-likeness (QED) is 0.793. The van der Waals surface area contributed by atoms with Crippen molar-refractivity contribution in [2.45, 2.75) is 17.4 Å². The molecular weight excluding hydrogens is 316 g/mol. The fourth-order valence-corrected chi connectivity index (χ4v) is 3.12. The molecule has 0 aromatic heterocycles. The molecule has 1 unspecified atom stereocenters. The highest BCUT2D eigenvalue weighted by Gasteiger charge is 2.20. The molecule has 23 heavy (non-hydrogen) atoms. The van der Waals surface area contributed by atoms with Gasteiger partial charge in [0.15, 0.2) is 0 Å². The minimum absolute atomic E-state index is 0.0269. The molecule has 0 amide bonds. The molecule has 0 fully saturated rings. The summed E-state index contributed by atoms with van der Waals surface area (Å²) in [5.41, 5.74) is 7.69. The molecule has 122 valence electrons. The number of rotatable bonds is 5. The standard InChI is InChI=1S/C16H18N2O4S/c1-22-16(19)14(17)10-11-6-2-3-7-12(11)13-8-4-5-9-15(13)23(18,20)21/h2-9,14H,10,17H2,1H3,(H2,18,20,21). The SMILES string of the molecule is COC(=O)C(N)Cc1ccccc1-c1ccccc1S(N)(=O)=O. The normalized spacial score (nSPS) is 12.7. The van der Waals surface area contributed by atoms with E-state index in [0.29, 0.717) is 11.1 Å². The maximum absolute atomic E-state index is 11.8. The van der Waals surface area contributed by atoms with Crippen molar-refractivity contribution < 1.29 is 17.9 Å². The lowest BCUT2D eigenvalue weighted by Crippen LogP contribution is -2.33. The highest BCUT2D eigenvalue weighted by atomic mass is 32.2. The summed E-state index contributed by atoms with van der Waals surface area (Å²) >= 11 is 0. The minimum Gasteiger partial charge on any atom is -0.468 e. The lowest BCUT2D eigenvalue weighted by molar-refractivity contribution is -0.142. The molecule has 2 aromatic carbocycles. The van der Waals surface area contributed by atoms with Gasteiger partial charge in [-0.15, -0.1) is 0 Å². The van der Waals surface area contributed by atoms with Crippen LogP contribution in [0.3, 0.4) is 0 Å². The number of hydrogen-bond acceptors (Lipinski definition) is 5. The molecule has 2 aromatic rings.